The highest BCUT2D eigenvalue weighted by atomic mass is 16.5. The molecule has 1 aliphatic rings. The van der Waals surface area contributed by atoms with Crippen molar-refractivity contribution in [3.8, 4) is 17.2 Å². The topological polar surface area (TPSA) is 57.2 Å². The average molecular weight is 385 g/mol. The molecular weight excluding hydrogens is 358 g/mol. The third kappa shape index (κ3) is 5.63. The number of carbonyl (C=O) groups is 1. The van der Waals surface area contributed by atoms with Gasteiger partial charge in [0.05, 0.1) is 19.8 Å². The Balaban J connectivity index is 1.42. The van der Waals surface area contributed by atoms with Gasteiger partial charge < -0.3 is 23.8 Å². The van der Waals surface area contributed by atoms with Gasteiger partial charge in [-0.15, -0.1) is 0 Å². The summed E-state index contributed by atoms with van der Waals surface area (Å²) in [5, 5.41) is 0. The second-order valence-electron chi connectivity index (χ2n) is 6.72. The molecule has 28 heavy (non-hydrogen) atoms. The highest BCUT2D eigenvalue weighted by molar-refractivity contribution is 5.94. The summed E-state index contributed by atoms with van der Waals surface area (Å²) in [6, 6.07) is 14.6. The molecule has 1 aliphatic heterocycles. The van der Waals surface area contributed by atoms with Crippen molar-refractivity contribution in [2.75, 3.05) is 40.5 Å². The molecule has 2 aromatic carbocycles. The van der Waals surface area contributed by atoms with Crippen LogP contribution in [0.1, 0.15) is 23.2 Å². The van der Waals surface area contributed by atoms with E-state index in [0.29, 0.717) is 25.3 Å². The predicted octanol–water partition coefficient (Wildman–Crippen LogP) is 3.40. The third-order valence-corrected chi connectivity index (χ3v) is 4.66. The molecule has 0 aromatic heterocycles. The Bertz CT molecular complexity index is 739. The van der Waals surface area contributed by atoms with Crippen LogP contribution in [0.2, 0.25) is 0 Å². The van der Waals surface area contributed by atoms with E-state index in [1.807, 2.05) is 36.4 Å². The van der Waals surface area contributed by atoms with Crippen LogP contribution in [0.4, 0.5) is 0 Å². The lowest BCUT2D eigenvalue weighted by Crippen LogP contribution is -2.30. The maximum absolute atomic E-state index is 12.5. The van der Waals surface area contributed by atoms with Gasteiger partial charge in [-0.05, 0) is 61.4 Å². The quantitative estimate of drug-likeness (QED) is 0.662. The minimum atomic E-state index is -0.0518. The van der Waals surface area contributed by atoms with Gasteiger partial charge in [-0.25, -0.2) is 0 Å². The number of amides is 1. The van der Waals surface area contributed by atoms with Crippen molar-refractivity contribution >= 4 is 5.91 Å². The molecule has 1 saturated heterocycles. The summed E-state index contributed by atoms with van der Waals surface area (Å²) < 4.78 is 22.1. The maximum atomic E-state index is 12.5. The van der Waals surface area contributed by atoms with Crippen LogP contribution in [0, 0.1) is 0 Å². The standard InChI is InChI=1S/C22H27NO5/c1-23(13-15-27-19-11-9-18(25-2)10-12-19)22(24)17-5-7-20(8-6-17)28-16-21-4-3-14-26-21/h5-12,21H,3-4,13-16H2,1-2H3. The Morgan fingerprint density at radius 2 is 1.68 bits per heavy atom. The van der Waals surface area contributed by atoms with Crippen molar-refractivity contribution in [3.05, 3.63) is 54.1 Å². The van der Waals surface area contributed by atoms with Gasteiger partial charge in [-0.3, -0.25) is 4.79 Å². The summed E-state index contributed by atoms with van der Waals surface area (Å²) in [6.45, 7) is 2.27. The van der Waals surface area contributed by atoms with Gasteiger partial charge in [0.1, 0.15) is 30.5 Å². The first-order chi connectivity index (χ1) is 13.7. The maximum Gasteiger partial charge on any atom is 0.253 e. The van der Waals surface area contributed by atoms with Crippen LogP contribution in [0.15, 0.2) is 48.5 Å². The molecule has 1 fully saturated rings. The molecule has 0 bridgehead atoms. The number of nitrogens with zero attached hydrogens (tertiary/aromatic N) is 1. The lowest BCUT2D eigenvalue weighted by molar-refractivity contribution is 0.0679. The fourth-order valence-electron chi connectivity index (χ4n) is 2.95. The minimum absolute atomic E-state index is 0.0518. The molecule has 0 saturated carbocycles. The first-order valence-electron chi connectivity index (χ1n) is 9.52. The van der Waals surface area contributed by atoms with E-state index in [4.69, 9.17) is 18.9 Å². The highest BCUT2D eigenvalue weighted by Crippen LogP contribution is 2.18. The zero-order chi connectivity index (χ0) is 19.8. The first kappa shape index (κ1) is 20.0. The largest absolute Gasteiger partial charge is 0.497 e. The van der Waals surface area contributed by atoms with Gasteiger partial charge in [0.25, 0.3) is 5.91 Å². The summed E-state index contributed by atoms with van der Waals surface area (Å²) in [6.07, 6.45) is 2.31. The van der Waals surface area contributed by atoms with Crippen LogP contribution in [0.25, 0.3) is 0 Å². The van der Waals surface area contributed by atoms with Gasteiger partial charge >= 0.3 is 0 Å². The van der Waals surface area contributed by atoms with Gasteiger partial charge in [-0.1, -0.05) is 0 Å². The Morgan fingerprint density at radius 1 is 1.04 bits per heavy atom. The molecule has 1 atom stereocenters. The van der Waals surface area contributed by atoms with Crippen LogP contribution >= 0.6 is 0 Å². The summed E-state index contributed by atoms with van der Waals surface area (Å²) in [7, 11) is 3.39. The van der Waals surface area contributed by atoms with Crippen molar-refractivity contribution in [1.29, 1.82) is 0 Å². The number of benzene rings is 2. The SMILES string of the molecule is COc1ccc(OCCN(C)C(=O)c2ccc(OCC3CCCO3)cc2)cc1. The molecule has 0 N–H and O–H groups in total. The first-order valence-corrected chi connectivity index (χ1v) is 9.52. The molecule has 6 nitrogen and oxygen atoms in total. The van der Waals surface area contributed by atoms with Crippen molar-refractivity contribution < 1.29 is 23.7 Å². The number of hydrogen-bond acceptors (Lipinski definition) is 5. The van der Waals surface area contributed by atoms with Gasteiger partial charge in [-0.2, -0.15) is 0 Å². The lowest BCUT2D eigenvalue weighted by atomic mass is 10.2. The van der Waals surface area contributed by atoms with Gasteiger partial charge in [0.15, 0.2) is 0 Å². The molecule has 1 unspecified atom stereocenters. The van der Waals surface area contributed by atoms with Crippen LogP contribution < -0.4 is 14.2 Å². The van der Waals surface area contributed by atoms with E-state index < -0.39 is 0 Å². The summed E-state index contributed by atoms with van der Waals surface area (Å²) in [5.41, 5.74) is 0.622. The van der Waals surface area contributed by atoms with E-state index >= 15 is 0 Å². The summed E-state index contributed by atoms with van der Waals surface area (Å²) >= 11 is 0. The smallest absolute Gasteiger partial charge is 0.253 e. The molecule has 6 heteroatoms. The predicted molar refractivity (Wildman–Crippen MR) is 106 cm³/mol. The molecule has 0 spiro atoms. The van der Waals surface area contributed by atoms with Crippen LogP contribution in [0.3, 0.4) is 0 Å². The lowest BCUT2D eigenvalue weighted by Gasteiger charge is -2.18. The molecule has 150 valence electrons. The monoisotopic (exact) mass is 385 g/mol. The minimum Gasteiger partial charge on any atom is -0.497 e. The van der Waals surface area contributed by atoms with Crippen molar-refractivity contribution in [2.24, 2.45) is 0 Å². The Hall–Kier alpha value is -2.73. The van der Waals surface area contributed by atoms with E-state index in [1.54, 1.807) is 31.2 Å². The zero-order valence-corrected chi connectivity index (χ0v) is 16.4. The van der Waals surface area contributed by atoms with Crippen molar-refractivity contribution in [2.45, 2.75) is 18.9 Å². The Morgan fingerprint density at radius 3 is 2.32 bits per heavy atom. The Labute approximate surface area is 166 Å². The normalized spacial score (nSPS) is 15.9. The Kier molecular flexibility index (Phi) is 7.14. The van der Waals surface area contributed by atoms with Crippen molar-refractivity contribution in [1.82, 2.24) is 4.90 Å². The fourth-order valence-corrected chi connectivity index (χ4v) is 2.95. The van der Waals surface area contributed by atoms with E-state index in [1.165, 1.54) is 0 Å². The number of ether oxygens (including phenoxy) is 4. The van der Waals surface area contributed by atoms with E-state index in [-0.39, 0.29) is 12.0 Å². The van der Waals surface area contributed by atoms with Crippen LogP contribution in [-0.2, 0) is 4.74 Å². The second kappa shape index (κ2) is 9.99. The van der Waals surface area contributed by atoms with Gasteiger partial charge in [0.2, 0.25) is 0 Å². The van der Waals surface area contributed by atoms with Crippen LogP contribution in [-0.4, -0.2) is 57.4 Å². The number of hydrogen-bond donors (Lipinski definition) is 0. The zero-order valence-electron chi connectivity index (χ0n) is 16.4. The van der Waals surface area contributed by atoms with E-state index in [2.05, 4.69) is 0 Å². The van der Waals surface area contributed by atoms with Crippen molar-refractivity contribution in [3.63, 3.8) is 0 Å². The van der Waals surface area contributed by atoms with E-state index in [0.717, 1.165) is 36.7 Å². The van der Waals surface area contributed by atoms with E-state index in [9.17, 15) is 4.79 Å². The number of likely N-dealkylation sites (N-methyl/N-ethyl adjacent to an activating group) is 1. The molecule has 1 amide bonds. The van der Waals surface area contributed by atoms with Crippen LogP contribution in [0.5, 0.6) is 17.2 Å². The molecule has 0 aliphatic carbocycles. The number of carbonyl (C=O) groups excluding carboxylic acids is 1. The highest BCUT2D eigenvalue weighted by Gasteiger charge is 2.16. The molecule has 0 radical (unpaired) electrons. The molecule has 2 aromatic rings. The molecule has 3 rings (SSSR count). The average Bonchev–Trinajstić information content (AvgIpc) is 3.26. The summed E-state index contributed by atoms with van der Waals surface area (Å²) in [5.74, 6) is 2.22. The number of rotatable bonds is 9. The summed E-state index contributed by atoms with van der Waals surface area (Å²) in [4.78, 5) is 14.2. The molecular formula is C22H27NO5. The van der Waals surface area contributed by atoms with Gasteiger partial charge in [0, 0.05) is 19.2 Å². The number of methoxy groups -OCH3 is 1. The fraction of sp³-hybridized carbons (Fsp3) is 0.409. The second-order valence-corrected chi connectivity index (χ2v) is 6.72. The third-order valence-electron chi connectivity index (χ3n) is 4.66. The molecule has 1 heterocycles.